The van der Waals surface area contributed by atoms with Crippen molar-refractivity contribution in [3.05, 3.63) is 81.7 Å². The van der Waals surface area contributed by atoms with Crippen LogP contribution in [0.25, 0.3) is 17.4 Å². The molecule has 140 valence electrons. The number of amides is 1. The molecule has 4 nitrogen and oxygen atoms in total. The number of carbonyl (C=O) groups is 1. The Morgan fingerprint density at radius 1 is 1.14 bits per heavy atom. The second-order valence-corrected chi connectivity index (χ2v) is 7.51. The first kappa shape index (κ1) is 18.5. The first-order chi connectivity index (χ1) is 13.5. The van der Waals surface area contributed by atoms with Crippen LogP contribution in [0.4, 0.5) is 10.1 Å². The predicted molar refractivity (Wildman–Crippen MR) is 111 cm³/mol. The van der Waals surface area contributed by atoms with E-state index in [9.17, 15) is 9.18 Å². The maximum Gasteiger partial charge on any atom is 0.264 e. The topological polar surface area (TPSA) is 54.6 Å². The zero-order chi connectivity index (χ0) is 19.7. The van der Waals surface area contributed by atoms with Crippen LogP contribution in [0.2, 0.25) is 5.02 Å². The molecule has 1 saturated heterocycles. The molecule has 1 aromatic heterocycles. The van der Waals surface area contributed by atoms with Gasteiger partial charge in [-0.2, -0.15) is 0 Å². The predicted octanol–water partition coefficient (Wildman–Crippen LogP) is 5.94. The van der Waals surface area contributed by atoms with E-state index in [4.69, 9.17) is 16.0 Å². The van der Waals surface area contributed by atoms with E-state index in [1.165, 1.54) is 23.9 Å². The van der Waals surface area contributed by atoms with Gasteiger partial charge in [0.15, 0.2) is 5.17 Å². The monoisotopic (exact) mass is 412 g/mol. The van der Waals surface area contributed by atoms with Crippen molar-refractivity contribution in [2.45, 2.75) is 6.92 Å². The lowest BCUT2D eigenvalue weighted by Crippen LogP contribution is -2.19. The van der Waals surface area contributed by atoms with Gasteiger partial charge in [-0.25, -0.2) is 9.38 Å². The van der Waals surface area contributed by atoms with Crippen molar-refractivity contribution in [3.63, 3.8) is 0 Å². The van der Waals surface area contributed by atoms with Crippen LogP contribution >= 0.6 is 23.4 Å². The van der Waals surface area contributed by atoms with Crippen LogP contribution in [0.15, 0.2) is 68.9 Å². The summed E-state index contributed by atoms with van der Waals surface area (Å²) in [6, 6.07) is 15.0. The van der Waals surface area contributed by atoms with Gasteiger partial charge in [-0.1, -0.05) is 17.7 Å². The maximum absolute atomic E-state index is 13.1. The molecule has 7 heteroatoms. The summed E-state index contributed by atoms with van der Waals surface area (Å²) in [5.41, 5.74) is 2.31. The number of hydrogen-bond acceptors (Lipinski definition) is 4. The summed E-state index contributed by atoms with van der Waals surface area (Å²) < 4.78 is 18.8. The van der Waals surface area contributed by atoms with Crippen molar-refractivity contribution in [2.75, 3.05) is 0 Å². The maximum atomic E-state index is 13.1. The number of nitrogens with zero attached hydrogens (tertiary/aromatic N) is 1. The Bertz CT molecular complexity index is 1120. The fraction of sp³-hybridized carbons (Fsp3) is 0.0476. The number of aliphatic imine (C=N–C) groups is 1. The second-order valence-electron chi connectivity index (χ2n) is 6.07. The minimum absolute atomic E-state index is 0.247. The lowest BCUT2D eigenvalue weighted by atomic mass is 10.2. The van der Waals surface area contributed by atoms with Crippen molar-refractivity contribution in [1.29, 1.82) is 0 Å². The third-order valence-electron chi connectivity index (χ3n) is 4.14. The second kappa shape index (κ2) is 7.66. The summed E-state index contributed by atoms with van der Waals surface area (Å²) in [4.78, 5) is 17.2. The smallest absolute Gasteiger partial charge is 0.264 e. The number of thioether (sulfide) groups is 1. The summed E-state index contributed by atoms with van der Waals surface area (Å²) in [5, 5.41) is 3.84. The van der Waals surface area contributed by atoms with Crippen LogP contribution in [-0.4, -0.2) is 11.1 Å². The van der Waals surface area contributed by atoms with Crippen LogP contribution in [0.3, 0.4) is 0 Å². The third-order valence-corrected chi connectivity index (χ3v) is 5.46. The van der Waals surface area contributed by atoms with E-state index in [2.05, 4.69) is 10.3 Å². The first-order valence-electron chi connectivity index (χ1n) is 8.40. The summed E-state index contributed by atoms with van der Waals surface area (Å²) in [7, 11) is 0. The largest absolute Gasteiger partial charge is 0.457 e. The molecule has 0 saturated carbocycles. The number of halogens is 2. The number of nitrogens with one attached hydrogen (secondary N) is 1. The average molecular weight is 413 g/mol. The molecule has 2 aromatic carbocycles. The summed E-state index contributed by atoms with van der Waals surface area (Å²) in [6.45, 7) is 1.87. The molecule has 0 aliphatic carbocycles. The Morgan fingerprint density at radius 2 is 1.93 bits per heavy atom. The van der Waals surface area contributed by atoms with Crippen molar-refractivity contribution < 1.29 is 13.6 Å². The van der Waals surface area contributed by atoms with Gasteiger partial charge < -0.3 is 9.73 Å². The molecule has 1 N–H and O–H groups in total. The lowest BCUT2D eigenvalue weighted by Gasteiger charge is -2.02. The van der Waals surface area contributed by atoms with Gasteiger partial charge >= 0.3 is 0 Å². The first-order valence-corrected chi connectivity index (χ1v) is 9.59. The minimum Gasteiger partial charge on any atom is -0.457 e. The molecule has 0 bridgehead atoms. The Hall–Kier alpha value is -2.83. The molecule has 28 heavy (non-hydrogen) atoms. The highest BCUT2D eigenvalue weighted by atomic mass is 35.5. The molecular formula is C21H14ClFN2O2S. The van der Waals surface area contributed by atoms with E-state index < -0.39 is 0 Å². The quantitative estimate of drug-likeness (QED) is 0.541. The minimum atomic E-state index is -0.307. The summed E-state index contributed by atoms with van der Waals surface area (Å²) in [5.74, 6) is 0.567. The number of benzene rings is 2. The zero-order valence-corrected chi connectivity index (χ0v) is 16.3. The number of carbonyl (C=O) groups excluding carboxylic acids is 1. The van der Waals surface area contributed by atoms with Crippen LogP contribution in [0.5, 0.6) is 0 Å². The Kier molecular flexibility index (Phi) is 5.07. The van der Waals surface area contributed by atoms with Gasteiger partial charge in [0.1, 0.15) is 17.3 Å². The van der Waals surface area contributed by atoms with Gasteiger partial charge in [-0.05, 0) is 72.8 Å². The molecule has 4 rings (SSSR count). The normalized spacial score (nSPS) is 16.8. The van der Waals surface area contributed by atoms with Gasteiger partial charge in [0.2, 0.25) is 0 Å². The molecule has 0 atom stereocenters. The highest BCUT2D eigenvalue weighted by Crippen LogP contribution is 2.32. The highest BCUT2D eigenvalue weighted by Gasteiger charge is 2.24. The molecular weight excluding hydrogens is 399 g/mol. The molecule has 0 radical (unpaired) electrons. The van der Waals surface area contributed by atoms with Crippen molar-refractivity contribution in [3.8, 4) is 11.3 Å². The summed E-state index contributed by atoms with van der Waals surface area (Å²) >= 11 is 7.35. The van der Waals surface area contributed by atoms with E-state index >= 15 is 0 Å². The van der Waals surface area contributed by atoms with Crippen LogP contribution in [0.1, 0.15) is 11.3 Å². The van der Waals surface area contributed by atoms with E-state index in [0.717, 1.165) is 11.1 Å². The van der Waals surface area contributed by atoms with Crippen molar-refractivity contribution in [2.24, 2.45) is 4.99 Å². The molecule has 0 spiro atoms. The van der Waals surface area contributed by atoms with Gasteiger partial charge in [-0.3, -0.25) is 4.79 Å². The van der Waals surface area contributed by atoms with E-state index in [-0.39, 0.29) is 11.7 Å². The number of hydrogen-bond donors (Lipinski definition) is 1. The van der Waals surface area contributed by atoms with Gasteiger partial charge in [-0.15, -0.1) is 0 Å². The third kappa shape index (κ3) is 3.88. The van der Waals surface area contributed by atoms with E-state index in [0.29, 0.717) is 32.3 Å². The zero-order valence-electron chi connectivity index (χ0n) is 14.7. The van der Waals surface area contributed by atoms with Crippen LogP contribution < -0.4 is 5.32 Å². The van der Waals surface area contributed by atoms with Crippen LogP contribution in [0, 0.1) is 12.7 Å². The molecule has 0 unspecified atom stereocenters. The highest BCUT2D eigenvalue weighted by molar-refractivity contribution is 8.18. The summed E-state index contributed by atoms with van der Waals surface area (Å²) in [6.07, 6.45) is 1.65. The molecule has 3 aromatic rings. The Morgan fingerprint density at radius 3 is 2.71 bits per heavy atom. The van der Waals surface area contributed by atoms with Crippen molar-refractivity contribution >= 4 is 46.2 Å². The molecule has 1 amide bonds. The van der Waals surface area contributed by atoms with Gasteiger partial charge in [0.05, 0.1) is 10.6 Å². The van der Waals surface area contributed by atoms with Gasteiger partial charge in [0.25, 0.3) is 5.91 Å². The molecule has 1 fully saturated rings. The molecule has 1 aliphatic heterocycles. The Labute approximate surface area is 170 Å². The van der Waals surface area contributed by atoms with Crippen molar-refractivity contribution in [1.82, 2.24) is 5.32 Å². The van der Waals surface area contributed by atoms with E-state index in [1.54, 1.807) is 36.4 Å². The fourth-order valence-corrected chi connectivity index (χ4v) is 3.62. The van der Waals surface area contributed by atoms with Crippen LogP contribution in [-0.2, 0) is 4.79 Å². The standard InChI is InChI=1S/C21H14ClFN2O2S/c1-12-16(22)3-2-4-17(12)24-21-25-20(26)19(28-21)11-15-9-10-18(27-15)13-5-7-14(23)8-6-13/h2-11H,1H3,(H,24,25,26)/b19-11-. The molecule has 2 heterocycles. The van der Waals surface area contributed by atoms with Gasteiger partial charge in [0, 0.05) is 16.7 Å². The fourth-order valence-electron chi connectivity index (χ4n) is 2.64. The lowest BCUT2D eigenvalue weighted by molar-refractivity contribution is -0.115. The number of furan rings is 1. The molecule has 1 aliphatic rings. The SMILES string of the molecule is Cc1c(Cl)cccc1N=C1NC(=O)/C(=C/c2ccc(-c3ccc(F)cc3)o2)S1. The number of rotatable bonds is 3. The number of amidine groups is 1. The average Bonchev–Trinajstić information content (AvgIpc) is 3.27. The Balaban J connectivity index is 1.56. The van der Waals surface area contributed by atoms with E-state index in [1.807, 2.05) is 19.1 Å².